The van der Waals surface area contributed by atoms with Gasteiger partial charge in [-0.05, 0) is 53.9 Å². The van der Waals surface area contributed by atoms with Crippen LogP contribution in [0.5, 0.6) is 0 Å². The van der Waals surface area contributed by atoms with Gasteiger partial charge in [0.15, 0.2) is 0 Å². The molecular formula is C16H20BrNS2. The van der Waals surface area contributed by atoms with Crippen LogP contribution < -0.4 is 5.73 Å². The Morgan fingerprint density at radius 1 is 1.30 bits per heavy atom. The van der Waals surface area contributed by atoms with E-state index in [1.54, 1.807) is 11.3 Å². The summed E-state index contributed by atoms with van der Waals surface area (Å²) in [5.41, 5.74) is 9.00. The molecule has 0 saturated heterocycles. The second kappa shape index (κ2) is 7.12. The molecule has 4 heteroatoms. The lowest BCUT2D eigenvalue weighted by molar-refractivity contribution is 0.639. The molecule has 1 heterocycles. The SMILES string of the molecule is CCC(N)C(Sc1ccc(C)cc1C)c1cc(Br)cs1. The maximum atomic E-state index is 6.36. The topological polar surface area (TPSA) is 26.0 Å². The first-order valence-corrected chi connectivity index (χ1v) is 9.30. The Morgan fingerprint density at radius 3 is 2.60 bits per heavy atom. The summed E-state index contributed by atoms with van der Waals surface area (Å²) >= 11 is 7.21. The molecule has 0 amide bonds. The van der Waals surface area contributed by atoms with Crippen LogP contribution in [-0.4, -0.2) is 6.04 Å². The first-order valence-electron chi connectivity index (χ1n) is 6.74. The first-order chi connectivity index (χ1) is 9.51. The summed E-state index contributed by atoms with van der Waals surface area (Å²) in [6.07, 6.45) is 0.984. The Labute approximate surface area is 138 Å². The molecule has 0 bridgehead atoms. The van der Waals surface area contributed by atoms with Crippen molar-refractivity contribution in [1.82, 2.24) is 0 Å². The van der Waals surface area contributed by atoms with Gasteiger partial charge in [-0.15, -0.1) is 23.1 Å². The van der Waals surface area contributed by atoms with Crippen LogP contribution in [0.3, 0.4) is 0 Å². The Kier molecular flexibility index (Phi) is 5.73. The minimum Gasteiger partial charge on any atom is -0.326 e. The highest BCUT2D eigenvalue weighted by Gasteiger charge is 2.22. The van der Waals surface area contributed by atoms with Crippen molar-refractivity contribution in [2.24, 2.45) is 5.73 Å². The molecule has 2 aromatic rings. The standard InChI is InChI=1S/C16H20BrNS2/c1-4-13(18)16(15-8-12(17)9-19-15)20-14-6-5-10(2)7-11(14)3/h5-9,13,16H,4,18H2,1-3H3. The number of hydrogen-bond donors (Lipinski definition) is 1. The number of nitrogens with two attached hydrogens (primary N) is 1. The lowest BCUT2D eigenvalue weighted by atomic mass is 10.1. The van der Waals surface area contributed by atoms with E-state index in [9.17, 15) is 0 Å². The van der Waals surface area contributed by atoms with E-state index in [0.29, 0.717) is 5.25 Å². The van der Waals surface area contributed by atoms with Crippen molar-refractivity contribution in [3.05, 3.63) is 50.1 Å². The fourth-order valence-corrected chi connectivity index (χ4v) is 5.14. The maximum absolute atomic E-state index is 6.36. The fourth-order valence-electron chi connectivity index (χ4n) is 2.12. The molecule has 108 valence electrons. The van der Waals surface area contributed by atoms with Crippen LogP contribution in [0.15, 0.2) is 39.0 Å². The van der Waals surface area contributed by atoms with E-state index in [-0.39, 0.29) is 6.04 Å². The number of halogens is 1. The predicted molar refractivity (Wildman–Crippen MR) is 94.8 cm³/mol. The van der Waals surface area contributed by atoms with Crippen LogP contribution in [0.4, 0.5) is 0 Å². The second-order valence-electron chi connectivity index (χ2n) is 5.05. The number of thioether (sulfide) groups is 1. The van der Waals surface area contributed by atoms with E-state index in [4.69, 9.17) is 5.73 Å². The molecule has 0 saturated carbocycles. The van der Waals surface area contributed by atoms with Crippen molar-refractivity contribution in [2.45, 2.75) is 43.4 Å². The lowest BCUT2D eigenvalue weighted by Crippen LogP contribution is -2.25. The van der Waals surface area contributed by atoms with Crippen LogP contribution in [0, 0.1) is 13.8 Å². The molecule has 2 rings (SSSR count). The van der Waals surface area contributed by atoms with Gasteiger partial charge in [-0.3, -0.25) is 0 Å². The van der Waals surface area contributed by atoms with Crippen LogP contribution >= 0.6 is 39.0 Å². The van der Waals surface area contributed by atoms with Crippen molar-refractivity contribution in [3.8, 4) is 0 Å². The zero-order chi connectivity index (χ0) is 14.7. The van der Waals surface area contributed by atoms with E-state index in [1.807, 2.05) is 11.8 Å². The minimum absolute atomic E-state index is 0.172. The van der Waals surface area contributed by atoms with Crippen LogP contribution in [0.2, 0.25) is 0 Å². The molecule has 2 unspecified atom stereocenters. The monoisotopic (exact) mass is 369 g/mol. The fraction of sp³-hybridized carbons (Fsp3) is 0.375. The van der Waals surface area contributed by atoms with Crippen molar-refractivity contribution in [1.29, 1.82) is 0 Å². The Morgan fingerprint density at radius 2 is 2.05 bits per heavy atom. The van der Waals surface area contributed by atoms with Gasteiger partial charge in [0.1, 0.15) is 0 Å². The van der Waals surface area contributed by atoms with Gasteiger partial charge in [0.05, 0.1) is 5.25 Å². The molecule has 2 atom stereocenters. The van der Waals surface area contributed by atoms with Gasteiger partial charge in [0, 0.05) is 25.7 Å². The van der Waals surface area contributed by atoms with Crippen molar-refractivity contribution >= 4 is 39.0 Å². The highest BCUT2D eigenvalue weighted by molar-refractivity contribution is 9.10. The number of hydrogen-bond acceptors (Lipinski definition) is 3. The molecule has 0 radical (unpaired) electrons. The Hall–Kier alpha value is -0.290. The molecule has 0 spiro atoms. The van der Waals surface area contributed by atoms with Gasteiger partial charge in [0.2, 0.25) is 0 Å². The Bertz CT molecular complexity index is 580. The van der Waals surface area contributed by atoms with E-state index in [0.717, 1.165) is 10.9 Å². The molecule has 0 aliphatic heterocycles. The van der Waals surface area contributed by atoms with Crippen molar-refractivity contribution in [2.75, 3.05) is 0 Å². The summed E-state index contributed by atoms with van der Waals surface area (Å²) in [7, 11) is 0. The highest BCUT2D eigenvalue weighted by atomic mass is 79.9. The molecule has 20 heavy (non-hydrogen) atoms. The van der Waals surface area contributed by atoms with Gasteiger partial charge < -0.3 is 5.73 Å². The third-order valence-corrected chi connectivity index (χ3v) is 6.81. The van der Waals surface area contributed by atoms with Gasteiger partial charge in [-0.2, -0.15) is 0 Å². The number of rotatable bonds is 5. The molecule has 2 N–H and O–H groups in total. The van der Waals surface area contributed by atoms with Crippen LogP contribution in [0.25, 0.3) is 0 Å². The van der Waals surface area contributed by atoms with E-state index < -0.39 is 0 Å². The molecule has 1 aromatic heterocycles. The normalized spacial score (nSPS) is 14.2. The summed E-state index contributed by atoms with van der Waals surface area (Å²) in [5, 5.41) is 2.45. The van der Waals surface area contributed by atoms with Crippen molar-refractivity contribution in [3.63, 3.8) is 0 Å². The molecule has 1 nitrogen and oxygen atoms in total. The maximum Gasteiger partial charge on any atom is 0.0589 e. The number of aryl methyl sites for hydroxylation is 2. The van der Waals surface area contributed by atoms with Gasteiger partial charge in [-0.1, -0.05) is 24.6 Å². The van der Waals surface area contributed by atoms with E-state index in [1.165, 1.54) is 20.9 Å². The summed E-state index contributed by atoms with van der Waals surface area (Å²) in [5.74, 6) is 0. The summed E-state index contributed by atoms with van der Waals surface area (Å²) in [6, 6.07) is 9.00. The molecular weight excluding hydrogens is 350 g/mol. The molecule has 0 aliphatic rings. The van der Waals surface area contributed by atoms with Gasteiger partial charge in [-0.25, -0.2) is 0 Å². The average Bonchev–Trinajstić information content (AvgIpc) is 2.83. The number of benzene rings is 1. The quantitative estimate of drug-likeness (QED) is 0.684. The summed E-state index contributed by atoms with van der Waals surface area (Å²) < 4.78 is 1.15. The van der Waals surface area contributed by atoms with Crippen LogP contribution in [0.1, 0.15) is 34.6 Å². The lowest BCUT2D eigenvalue weighted by Gasteiger charge is -2.22. The summed E-state index contributed by atoms with van der Waals surface area (Å²) in [4.78, 5) is 2.67. The highest BCUT2D eigenvalue weighted by Crippen LogP contribution is 2.42. The van der Waals surface area contributed by atoms with E-state index in [2.05, 4.69) is 66.3 Å². The van der Waals surface area contributed by atoms with E-state index >= 15 is 0 Å². The first kappa shape index (κ1) is 16.1. The summed E-state index contributed by atoms with van der Waals surface area (Å²) in [6.45, 7) is 6.46. The molecule has 1 aromatic carbocycles. The van der Waals surface area contributed by atoms with Gasteiger partial charge >= 0.3 is 0 Å². The molecule has 0 aliphatic carbocycles. The van der Waals surface area contributed by atoms with Crippen LogP contribution in [-0.2, 0) is 0 Å². The average molecular weight is 370 g/mol. The zero-order valence-corrected chi connectivity index (χ0v) is 15.2. The molecule has 0 fully saturated rings. The number of thiophene rings is 1. The second-order valence-corrected chi connectivity index (χ2v) is 8.09. The third-order valence-electron chi connectivity index (χ3n) is 3.31. The van der Waals surface area contributed by atoms with Crippen molar-refractivity contribution < 1.29 is 0 Å². The minimum atomic E-state index is 0.172. The zero-order valence-electron chi connectivity index (χ0n) is 12.0. The largest absolute Gasteiger partial charge is 0.326 e. The Balaban J connectivity index is 2.28. The smallest absolute Gasteiger partial charge is 0.0589 e. The predicted octanol–water partition coefficient (Wildman–Crippen LogP) is 5.70. The van der Waals surface area contributed by atoms with Gasteiger partial charge in [0.25, 0.3) is 0 Å². The third kappa shape index (κ3) is 3.88.